The van der Waals surface area contributed by atoms with E-state index in [1.807, 2.05) is 13.8 Å². The lowest BCUT2D eigenvalue weighted by Gasteiger charge is -2.18. The van der Waals surface area contributed by atoms with Crippen LogP contribution in [-0.2, 0) is 26.0 Å². The van der Waals surface area contributed by atoms with Crippen molar-refractivity contribution in [3.63, 3.8) is 0 Å². The summed E-state index contributed by atoms with van der Waals surface area (Å²) in [5, 5.41) is 0. The minimum atomic E-state index is -3.39. The number of sulfonamides is 1. The second-order valence-corrected chi connectivity index (χ2v) is 9.65. The van der Waals surface area contributed by atoms with Crippen LogP contribution in [0.3, 0.4) is 0 Å². The first kappa shape index (κ1) is 21.0. The number of rotatable bonds is 7. The van der Waals surface area contributed by atoms with Crippen molar-refractivity contribution in [1.82, 2.24) is 9.80 Å². The number of urea groups is 1. The predicted octanol–water partition coefficient (Wildman–Crippen LogP) is 1.03. The summed E-state index contributed by atoms with van der Waals surface area (Å²) in [6, 6.07) is 3.83. The lowest BCUT2D eigenvalue weighted by Crippen LogP contribution is -2.38. The van der Waals surface area contributed by atoms with Crippen molar-refractivity contribution in [3.05, 3.63) is 29.3 Å². The maximum atomic E-state index is 12.7. The lowest BCUT2D eigenvalue weighted by atomic mass is 10.0. The molecule has 0 bridgehead atoms. The molecule has 2 heterocycles. The monoisotopic (exact) mass is 421 g/mol. The largest absolute Gasteiger partial charge is 0.334 e. The zero-order chi connectivity index (χ0) is 21.5. The van der Waals surface area contributed by atoms with Gasteiger partial charge in [-0.3, -0.25) is 23.6 Å². The van der Waals surface area contributed by atoms with Crippen molar-refractivity contribution >= 4 is 39.3 Å². The standard InChI is InChI=1S/C19H23N3O6S/c1-4-29(27,28)22-8-7-13-9-14(5-6-15(13)22)16(23)11-21-18(25)17(24)20(19(21)26)10-12(2)3/h5-6,9,12H,4,7-8,10-11H2,1-3H3. The van der Waals surface area contributed by atoms with E-state index in [4.69, 9.17) is 0 Å². The number of carbonyl (C=O) groups excluding carboxylic acids is 4. The van der Waals surface area contributed by atoms with Crippen LogP contribution >= 0.6 is 0 Å². The van der Waals surface area contributed by atoms with Crippen molar-refractivity contribution in [3.8, 4) is 0 Å². The Kier molecular flexibility index (Phi) is 5.48. The summed E-state index contributed by atoms with van der Waals surface area (Å²) in [6.07, 6.45) is 0.470. The SMILES string of the molecule is CCS(=O)(=O)N1CCc2cc(C(=O)CN3C(=O)C(=O)N(CC(C)C)C3=O)ccc21. The number of fused-ring (bicyclic) bond motifs is 1. The molecule has 0 atom stereocenters. The molecule has 0 unspecified atom stereocenters. The van der Waals surface area contributed by atoms with Gasteiger partial charge in [-0.1, -0.05) is 13.8 Å². The molecule has 0 saturated carbocycles. The molecule has 0 aliphatic carbocycles. The van der Waals surface area contributed by atoms with E-state index in [2.05, 4.69) is 0 Å². The smallest absolute Gasteiger partial charge is 0.292 e. The van der Waals surface area contributed by atoms with Crippen LogP contribution in [0.15, 0.2) is 18.2 Å². The number of hydrogen-bond acceptors (Lipinski definition) is 6. The molecule has 0 spiro atoms. The maximum absolute atomic E-state index is 12.7. The fourth-order valence-corrected chi connectivity index (χ4v) is 4.60. The number of ketones is 1. The van der Waals surface area contributed by atoms with Gasteiger partial charge in [0.05, 0.1) is 18.0 Å². The molecule has 2 aliphatic heterocycles. The molecule has 1 aromatic rings. The van der Waals surface area contributed by atoms with Crippen LogP contribution in [0.5, 0.6) is 0 Å². The third-order valence-corrected chi connectivity index (χ3v) is 6.72. The first-order chi connectivity index (χ1) is 13.6. The quantitative estimate of drug-likeness (QED) is 0.369. The number of imide groups is 2. The maximum Gasteiger partial charge on any atom is 0.334 e. The molecule has 0 aromatic heterocycles. The van der Waals surface area contributed by atoms with Crippen LogP contribution in [-0.4, -0.2) is 67.2 Å². The summed E-state index contributed by atoms with van der Waals surface area (Å²) in [5.41, 5.74) is 1.51. The number of anilines is 1. The van der Waals surface area contributed by atoms with E-state index in [0.29, 0.717) is 29.1 Å². The van der Waals surface area contributed by atoms with Crippen LogP contribution in [0.4, 0.5) is 10.5 Å². The van der Waals surface area contributed by atoms with Crippen molar-refractivity contribution < 1.29 is 27.6 Å². The number of amides is 4. The molecule has 1 fully saturated rings. The van der Waals surface area contributed by atoms with E-state index in [-0.39, 0.29) is 23.8 Å². The Bertz CT molecular complexity index is 1000. The Morgan fingerprint density at radius 1 is 1.10 bits per heavy atom. The second-order valence-electron chi connectivity index (χ2n) is 7.47. The van der Waals surface area contributed by atoms with Gasteiger partial charge >= 0.3 is 17.8 Å². The first-order valence-corrected chi connectivity index (χ1v) is 11.0. The average molecular weight is 421 g/mol. The topological polar surface area (TPSA) is 112 Å². The van der Waals surface area contributed by atoms with E-state index in [1.54, 1.807) is 19.1 Å². The van der Waals surface area contributed by atoms with Gasteiger partial charge in [-0.05, 0) is 43.0 Å². The fraction of sp³-hybridized carbons (Fsp3) is 0.474. The lowest BCUT2D eigenvalue weighted by molar-refractivity contribution is -0.143. The summed E-state index contributed by atoms with van der Waals surface area (Å²) < 4.78 is 25.7. The highest BCUT2D eigenvalue weighted by atomic mass is 32.2. The molecular weight excluding hydrogens is 398 g/mol. The van der Waals surface area contributed by atoms with Crippen LogP contribution in [0.2, 0.25) is 0 Å². The summed E-state index contributed by atoms with van der Waals surface area (Å²) in [7, 11) is -3.39. The summed E-state index contributed by atoms with van der Waals surface area (Å²) in [5.74, 6) is -2.46. The Morgan fingerprint density at radius 3 is 2.38 bits per heavy atom. The van der Waals surface area contributed by atoms with Crippen LogP contribution in [0.1, 0.15) is 36.7 Å². The highest BCUT2D eigenvalue weighted by Crippen LogP contribution is 2.31. The highest BCUT2D eigenvalue weighted by Gasteiger charge is 2.45. The van der Waals surface area contributed by atoms with Crippen molar-refractivity contribution in [2.45, 2.75) is 27.2 Å². The van der Waals surface area contributed by atoms with Gasteiger partial charge in [0, 0.05) is 18.7 Å². The van der Waals surface area contributed by atoms with Gasteiger partial charge in [0.25, 0.3) is 0 Å². The van der Waals surface area contributed by atoms with Crippen molar-refractivity contribution in [1.29, 1.82) is 0 Å². The van der Waals surface area contributed by atoms with E-state index in [1.165, 1.54) is 10.4 Å². The summed E-state index contributed by atoms with van der Waals surface area (Å²) in [6.45, 7) is 5.07. The molecule has 1 saturated heterocycles. The molecule has 2 aliphatic rings. The molecule has 4 amide bonds. The predicted molar refractivity (Wildman–Crippen MR) is 105 cm³/mol. The van der Waals surface area contributed by atoms with E-state index in [0.717, 1.165) is 4.90 Å². The summed E-state index contributed by atoms with van der Waals surface area (Å²) in [4.78, 5) is 50.7. The van der Waals surface area contributed by atoms with Crippen molar-refractivity contribution in [2.24, 2.45) is 5.92 Å². The molecule has 9 nitrogen and oxygen atoms in total. The van der Waals surface area contributed by atoms with Gasteiger partial charge in [0.15, 0.2) is 5.78 Å². The van der Waals surface area contributed by atoms with Gasteiger partial charge < -0.3 is 0 Å². The summed E-state index contributed by atoms with van der Waals surface area (Å²) >= 11 is 0. The zero-order valence-corrected chi connectivity index (χ0v) is 17.4. The van der Waals surface area contributed by atoms with Gasteiger partial charge in [-0.15, -0.1) is 0 Å². The Balaban J connectivity index is 1.78. The Labute approximate surface area is 169 Å². The Morgan fingerprint density at radius 2 is 1.76 bits per heavy atom. The highest BCUT2D eigenvalue weighted by molar-refractivity contribution is 7.92. The minimum absolute atomic E-state index is 0.00888. The average Bonchev–Trinajstić information content (AvgIpc) is 3.19. The van der Waals surface area contributed by atoms with E-state index in [9.17, 15) is 27.6 Å². The van der Waals surface area contributed by atoms with Gasteiger partial charge in [-0.2, -0.15) is 0 Å². The molecular formula is C19H23N3O6S. The number of carbonyl (C=O) groups is 4. The molecule has 10 heteroatoms. The minimum Gasteiger partial charge on any atom is -0.292 e. The number of benzene rings is 1. The van der Waals surface area contributed by atoms with Crippen LogP contribution < -0.4 is 4.31 Å². The zero-order valence-electron chi connectivity index (χ0n) is 16.5. The van der Waals surface area contributed by atoms with Crippen LogP contribution in [0.25, 0.3) is 0 Å². The van der Waals surface area contributed by atoms with Gasteiger partial charge in [-0.25, -0.2) is 18.1 Å². The molecule has 0 N–H and O–H groups in total. The Hall–Kier alpha value is -2.75. The van der Waals surface area contributed by atoms with Gasteiger partial charge in [0.2, 0.25) is 10.0 Å². The van der Waals surface area contributed by atoms with Crippen LogP contribution in [0, 0.1) is 5.92 Å². The van der Waals surface area contributed by atoms with Gasteiger partial charge in [0.1, 0.15) is 0 Å². The number of nitrogens with zero attached hydrogens (tertiary/aromatic N) is 3. The fourth-order valence-electron chi connectivity index (χ4n) is 3.44. The van der Waals surface area contributed by atoms with E-state index >= 15 is 0 Å². The molecule has 29 heavy (non-hydrogen) atoms. The normalized spacial score (nSPS) is 17.0. The third kappa shape index (κ3) is 3.76. The molecule has 0 radical (unpaired) electrons. The van der Waals surface area contributed by atoms with E-state index < -0.39 is 40.2 Å². The van der Waals surface area contributed by atoms with Crippen molar-refractivity contribution in [2.75, 3.05) is 29.7 Å². The number of Topliss-reactive ketones (excluding diaryl/α,β-unsaturated/α-hetero) is 1. The third-order valence-electron chi connectivity index (χ3n) is 4.94. The molecule has 1 aromatic carbocycles. The molecule has 3 rings (SSSR count). The first-order valence-electron chi connectivity index (χ1n) is 9.40. The second kappa shape index (κ2) is 7.58. The molecule has 156 valence electrons. The number of hydrogen-bond donors (Lipinski definition) is 0.